The minimum atomic E-state index is -3.17. The molecule has 0 aliphatic carbocycles. The van der Waals surface area contributed by atoms with Crippen LogP contribution in [0.5, 0.6) is 0 Å². The van der Waals surface area contributed by atoms with E-state index in [-0.39, 0.29) is 0 Å². The number of rotatable bonds is 12. The second-order valence-corrected chi connectivity index (χ2v) is 52.5. The van der Waals surface area contributed by atoms with Crippen molar-refractivity contribution in [2.45, 2.75) is 58.7 Å². The van der Waals surface area contributed by atoms with Crippen LogP contribution >= 0.6 is 0 Å². The summed E-state index contributed by atoms with van der Waals surface area (Å²) >= 11 is 0. The average Bonchev–Trinajstić information content (AvgIpc) is 1.04. The van der Waals surface area contributed by atoms with E-state index in [1.54, 1.807) is 0 Å². The van der Waals surface area contributed by atoms with Gasteiger partial charge in [0.05, 0.1) is 0 Å². The minimum Gasteiger partial charge on any atom is -0.867 e. The molecule has 0 aromatic heterocycles. The lowest BCUT2D eigenvalue weighted by atomic mass is 10.3. The van der Waals surface area contributed by atoms with Gasteiger partial charge in [-0.3, -0.25) is 0 Å². The molecule has 0 bridgehead atoms. The van der Waals surface area contributed by atoms with Crippen molar-refractivity contribution in [2.75, 3.05) is 150 Å². The Bertz CT molecular complexity index is 3340. The molecule has 36 heteroatoms. The van der Waals surface area contributed by atoms with E-state index in [1.807, 2.05) is 0 Å². The first kappa shape index (κ1) is 137. The third-order valence-corrected chi connectivity index (χ3v) is 29.2. The topological polar surface area (TPSA) is 277 Å². The molecule has 0 heterocycles. The van der Waals surface area contributed by atoms with Crippen LogP contribution in [-0.2, 0) is 131 Å². The summed E-state index contributed by atoms with van der Waals surface area (Å²) in [7, 11) is -13.9. The molecule has 0 fully saturated rings. The van der Waals surface area contributed by atoms with Gasteiger partial charge in [-0.1, -0.05) is 218 Å². The van der Waals surface area contributed by atoms with Crippen molar-refractivity contribution in [1.82, 2.24) is 0 Å². The van der Waals surface area contributed by atoms with Crippen molar-refractivity contribution < 1.29 is 86.2 Å². The minimum absolute atomic E-state index is 0.421. The Hall–Kier alpha value is -5.67. The maximum atomic E-state index is 9.89. The molecule has 0 N–H and O–H groups in total. The quantitative estimate of drug-likeness (QED) is 0.0629. The number of halogens is 6. The van der Waals surface area contributed by atoms with Gasteiger partial charge in [-0.2, -0.15) is 0 Å². The van der Waals surface area contributed by atoms with Crippen LogP contribution in [0.25, 0.3) is 0 Å². The van der Waals surface area contributed by atoms with Crippen LogP contribution < -0.4 is 60.3 Å². The maximum Gasteiger partial charge on any atom is 0.154 e. The molecule has 12 aromatic rings. The first-order chi connectivity index (χ1) is 62.0. The smallest absolute Gasteiger partial charge is 0.154 e. The van der Waals surface area contributed by atoms with Crippen molar-refractivity contribution in [3.05, 3.63) is 364 Å². The first-order valence-corrected chi connectivity index (χ1v) is 63.8. The van der Waals surface area contributed by atoms with E-state index in [2.05, 4.69) is 514 Å². The highest BCUT2D eigenvalue weighted by atomic mass is 32.2. The zero-order valence-corrected chi connectivity index (χ0v) is 90.0. The molecule has 0 amide bonds. The van der Waals surface area contributed by atoms with Gasteiger partial charge in [-0.25, -0.2) is 0 Å². The van der Waals surface area contributed by atoms with Gasteiger partial charge in [0.15, 0.2) is 58.7 Å². The Morgan fingerprint density at radius 2 is 0.152 bits per heavy atom. The van der Waals surface area contributed by atoms with Crippen LogP contribution in [0.2, 0.25) is 0 Å². The van der Waals surface area contributed by atoms with E-state index in [4.69, 9.17) is 60.3 Å². The lowest BCUT2D eigenvalue weighted by Gasteiger charge is -2.09. The molecule has 12 rings (SSSR count). The predicted octanol–water partition coefficient (Wildman–Crippen LogP) is 9.05. The van der Waals surface area contributed by atoms with E-state index in [0.717, 1.165) is 0 Å². The van der Waals surface area contributed by atoms with Crippen LogP contribution in [-0.4, -0.2) is 195 Å². The first-order valence-electron chi connectivity index (χ1n) is 39.3. The van der Waals surface area contributed by atoms with Gasteiger partial charge in [0.25, 0.3) is 0 Å². The molecule has 0 atom stereocenters. The molecule has 720 valence electrons. The average molecular weight is 2040 g/mol. The van der Waals surface area contributed by atoms with Gasteiger partial charge < -0.3 is 86.2 Å². The van der Waals surface area contributed by atoms with E-state index in [1.165, 1.54) is 58.7 Å². The van der Waals surface area contributed by atoms with Crippen molar-refractivity contribution in [1.29, 1.82) is 0 Å². The van der Waals surface area contributed by atoms with E-state index in [0.29, 0.717) is 131 Å². The highest BCUT2D eigenvalue weighted by Crippen LogP contribution is 2.14. The fraction of sp³-hybridized carbons (Fsp3) is 0.250. The Morgan fingerprint density at radius 3 is 0.174 bits per heavy atom. The maximum absolute atomic E-state index is 9.89. The fourth-order valence-electron chi connectivity index (χ4n) is 8.31. The van der Waals surface area contributed by atoms with E-state index >= 15 is 0 Å². The fourth-order valence-corrected chi connectivity index (χ4v) is 16.7. The van der Waals surface area contributed by atoms with Gasteiger partial charge in [0.2, 0.25) is 0 Å². The molecule has 0 aliphatic rings. The molecule has 0 saturated carbocycles. The zero-order valence-electron chi connectivity index (χ0n) is 80.2. The highest BCUT2D eigenvalue weighted by molar-refractivity contribution is 7.98. The van der Waals surface area contributed by atoms with Crippen LogP contribution in [0.1, 0.15) is 0 Å². The zero-order chi connectivity index (χ0) is 102. The van der Waals surface area contributed by atoms with Crippen LogP contribution in [0, 0.1) is 0 Å². The standard InChI is InChI=1S/12C8H11S.6BFO2/c12*1-9(2)8-6-4-3-5-7-8;6*2-1(3)4/h12*3-7H,1-2H3;;;;;;/q12*+1;6*-2. The van der Waals surface area contributed by atoms with Crippen molar-refractivity contribution in [3.63, 3.8) is 0 Å². The summed E-state index contributed by atoms with van der Waals surface area (Å²) in [5, 5.41) is 99.7. The van der Waals surface area contributed by atoms with Crippen LogP contribution in [0.3, 0.4) is 0 Å². The van der Waals surface area contributed by atoms with Crippen molar-refractivity contribution >= 4 is 175 Å². The summed E-state index contributed by atoms with van der Waals surface area (Å²) in [4.78, 5) is 17.3. The number of hydrogen-bond donors (Lipinski definition) is 0. The van der Waals surface area contributed by atoms with E-state index in [9.17, 15) is 25.9 Å². The Kier molecular flexibility index (Phi) is 96.6. The molecule has 132 heavy (non-hydrogen) atoms. The van der Waals surface area contributed by atoms with Gasteiger partial charge in [0, 0.05) is 131 Å². The molecule has 12 nitrogen and oxygen atoms in total. The Balaban J connectivity index is -0.000000321. The molecular formula is C96H132B6F6O12S12. The van der Waals surface area contributed by atoms with Gasteiger partial charge in [0.1, 0.15) is 195 Å². The number of hydrogen-bond acceptors (Lipinski definition) is 12. The number of benzene rings is 12. The summed E-state index contributed by atoms with van der Waals surface area (Å²) in [6.45, 7) is 0. The molecular weight excluding hydrogens is 1910 g/mol. The largest absolute Gasteiger partial charge is 0.867 e. The highest BCUT2D eigenvalue weighted by Gasteiger charge is 2.12. The van der Waals surface area contributed by atoms with Crippen molar-refractivity contribution in [3.8, 4) is 0 Å². The third kappa shape index (κ3) is 98.8. The van der Waals surface area contributed by atoms with Crippen molar-refractivity contribution in [2.24, 2.45) is 0 Å². The third-order valence-electron chi connectivity index (χ3n) is 14.6. The SMILES string of the molecule is C[S+](C)c1ccccc1.C[S+](C)c1ccccc1.C[S+](C)c1ccccc1.C[S+](C)c1ccccc1.C[S+](C)c1ccccc1.C[S+](C)c1ccccc1.C[S+](C)c1ccccc1.C[S+](C)c1ccccc1.C[S+](C)c1ccccc1.C[S+](C)c1ccccc1.C[S+](C)c1ccccc1.C[S+](C)c1ccccc1.[O-]B([O-])F.[O-]B([O-])F.[O-]B([O-])F.[O-]B([O-])F.[O-]B([O-])F.[O-]B([O-])F. The lowest BCUT2D eigenvalue weighted by molar-refractivity contribution is -0.368. The molecule has 0 aliphatic heterocycles. The molecule has 0 saturated heterocycles. The second kappa shape index (κ2) is 93.0. The second-order valence-electron chi connectivity index (χ2n) is 27.2. The molecule has 0 radical (unpaired) electrons. The Labute approximate surface area is 826 Å². The van der Waals surface area contributed by atoms with Gasteiger partial charge in [-0.05, 0) is 146 Å². The lowest BCUT2D eigenvalue weighted by Crippen LogP contribution is -2.39. The molecule has 12 aromatic carbocycles. The van der Waals surface area contributed by atoms with Crippen LogP contribution in [0.15, 0.2) is 423 Å². The summed E-state index contributed by atoms with van der Waals surface area (Å²) in [5.41, 5.74) is 0. The summed E-state index contributed by atoms with van der Waals surface area (Å²) in [5.74, 6) is 0. The monoisotopic (exact) mass is 2040 g/mol. The van der Waals surface area contributed by atoms with Gasteiger partial charge >= 0.3 is 0 Å². The predicted molar refractivity (Wildman–Crippen MR) is 568 cm³/mol. The van der Waals surface area contributed by atoms with E-state index < -0.39 is 44.4 Å². The van der Waals surface area contributed by atoms with Crippen LogP contribution in [0.4, 0.5) is 25.9 Å². The summed E-state index contributed by atoms with van der Waals surface area (Å²) < 4.78 is 59.3. The summed E-state index contributed by atoms with van der Waals surface area (Å²) in [6.07, 6.45) is 53.6. The molecule has 0 spiro atoms. The van der Waals surface area contributed by atoms with Gasteiger partial charge in [-0.15, -0.1) is 0 Å². The Morgan fingerprint density at radius 1 is 0.114 bits per heavy atom. The normalized spacial score (nSPS) is 9.50. The molecule has 0 unspecified atom stereocenters. The summed E-state index contributed by atoms with van der Waals surface area (Å²) in [6, 6.07) is 127.